The second-order valence-corrected chi connectivity index (χ2v) is 7.87. The summed E-state index contributed by atoms with van der Waals surface area (Å²) in [6.07, 6.45) is 2.78. The van der Waals surface area contributed by atoms with Gasteiger partial charge in [-0.05, 0) is 25.7 Å². The third-order valence-corrected chi connectivity index (χ3v) is 5.86. The fourth-order valence-electron chi connectivity index (χ4n) is 3.42. The zero-order chi connectivity index (χ0) is 16.5. The molecule has 0 aromatic carbocycles. The molecular formula is C17H35Cl2N3O2S. The number of rotatable bonds is 8. The fraction of sp³-hybridized carbons (Fsp3) is 0.941. The third kappa shape index (κ3) is 9.68. The molecule has 2 heterocycles. The molecule has 5 nitrogen and oxygen atoms in total. The lowest BCUT2D eigenvalue weighted by Gasteiger charge is -2.37. The normalized spacial score (nSPS) is 27.0. The largest absolute Gasteiger partial charge is 0.382 e. The van der Waals surface area contributed by atoms with Crippen LogP contribution in [0.1, 0.15) is 33.1 Å². The molecule has 8 heteroatoms. The lowest BCUT2D eigenvalue weighted by atomic mass is 9.93. The van der Waals surface area contributed by atoms with Gasteiger partial charge in [0, 0.05) is 69.4 Å². The van der Waals surface area contributed by atoms with Crippen molar-refractivity contribution in [2.75, 3.05) is 50.9 Å². The molecule has 0 saturated carbocycles. The maximum Gasteiger partial charge on any atom is 0.221 e. The molecule has 2 saturated heterocycles. The van der Waals surface area contributed by atoms with Crippen LogP contribution in [0.15, 0.2) is 0 Å². The highest BCUT2D eigenvalue weighted by atomic mass is 35.5. The Kier molecular flexibility index (Phi) is 14.5. The van der Waals surface area contributed by atoms with E-state index in [0.29, 0.717) is 24.4 Å². The van der Waals surface area contributed by atoms with Crippen LogP contribution in [0.2, 0.25) is 0 Å². The van der Waals surface area contributed by atoms with Crippen molar-refractivity contribution in [2.45, 2.75) is 45.2 Å². The van der Waals surface area contributed by atoms with E-state index in [2.05, 4.69) is 22.5 Å². The summed E-state index contributed by atoms with van der Waals surface area (Å²) < 4.78 is 5.41. The Bertz CT molecular complexity index is 361. The molecule has 0 aromatic rings. The van der Waals surface area contributed by atoms with E-state index in [0.717, 1.165) is 63.7 Å². The first kappa shape index (κ1) is 25.3. The van der Waals surface area contributed by atoms with E-state index in [-0.39, 0.29) is 30.7 Å². The molecular weight excluding hydrogens is 381 g/mol. The Balaban J connectivity index is 0.00000288. The Morgan fingerprint density at radius 2 is 2.20 bits per heavy atom. The van der Waals surface area contributed by atoms with Gasteiger partial charge >= 0.3 is 0 Å². The Morgan fingerprint density at radius 1 is 1.40 bits per heavy atom. The van der Waals surface area contributed by atoms with E-state index in [4.69, 9.17) is 4.74 Å². The number of amides is 1. The molecule has 2 N–H and O–H groups in total. The van der Waals surface area contributed by atoms with Gasteiger partial charge in [0.1, 0.15) is 0 Å². The van der Waals surface area contributed by atoms with E-state index < -0.39 is 0 Å². The van der Waals surface area contributed by atoms with Crippen LogP contribution >= 0.6 is 36.6 Å². The fourth-order valence-corrected chi connectivity index (χ4v) is 4.37. The quantitative estimate of drug-likeness (QED) is 0.594. The van der Waals surface area contributed by atoms with Gasteiger partial charge in [0.15, 0.2) is 0 Å². The summed E-state index contributed by atoms with van der Waals surface area (Å²) in [5.41, 5.74) is 0. The van der Waals surface area contributed by atoms with Crippen molar-refractivity contribution in [3.05, 3.63) is 0 Å². The zero-order valence-electron chi connectivity index (χ0n) is 15.5. The smallest absolute Gasteiger partial charge is 0.221 e. The first-order valence-electron chi connectivity index (χ1n) is 9.09. The van der Waals surface area contributed by atoms with Crippen LogP contribution in [0.3, 0.4) is 0 Å². The molecule has 0 aliphatic carbocycles. The average molecular weight is 416 g/mol. The number of nitrogens with one attached hydrogen (secondary N) is 2. The standard InChI is InChI=1S/C17H33N3O2S.2ClH/c1-3-22-9-4-7-20-8-5-16(14(2)12-20)19-17(21)11-15-13-23-10-6-18-15;;/h14-16,18H,3-13H2,1-2H3,(H,19,21);2*1H. The Labute approximate surface area is 169 Å². The van der Waals surface area contributed by atoms with Crippen LogP contribution in [-0.2, 0) is 9.53 Å². The molecule has 25 heavy (non-hydrogen) atoms. The van der Waals surface area contributed by atoms with Gasteiger partial charge in [-0.3, -0.25) is 4.79 Å². The van der Waals surface area contributed by atoms with Crippen LogP contribution in [-0.4, -0.2) is 73.8 Å². The number of carbonyl (C=O) groups excluding carboxylic acids is 1. The Hall–Kier alpha value is 0.280. The molecule has 3 atom stereocenters. The lowest BCUT2D eigenvalue weighted by Crippen LogP contribution is -2.51. The molecule has 0 radical (unpaired) electrons. The number of ether oxygens (including phenoxy) is 1. The maximum absolute atomic E-state index is 12.3. The predicted octanol–water partition coefficient (Wildman–Crippen LogP) is 2.18. The van der Waals surface area contributed by atoms with E-state index in [1.165, 1.54) is 0 Å². The van der Waals surface area contributed by atoms with Gasteiger partial charge in [0.25, 0.3) is 0 Å². The molecule has 1 amide bonds. The first-order valence-corrected chi connectivity index (χ1v) is 10.2. The number of thioether (sulfide) groups is 1. The lowest BCUT2D eigenvalue weighted by molar-refractivity contribution is -0.122. The van der Waals surface area contributed by atoms with Crippen molar-refractivity contribution in [1.82, 2.24) is 15.5 Å². The van der Waals surface area contributed by atoms with Crippen LogP contribution in [0.4, 0.5) is 0 Å². The molecule has 2 rings (SSSR count). The number of halogens is 2. The van der Waals surface area contributed by atoms with Gasteiger partial charge in [-0.15, -0.1) is 24.8 Å². The SMILES string of the molecule is CCOCCCN1CCC(NC(=O)CC2CSCCN2)C(C)C1.Cl.Cl. The van der Waals surface area contributed by atoms with E-state index in [1.807, 2.05) is 18.7 Å². The second kappa shape index (κ2) is 14.4. The average Bonchev–Trinajstić information content (AvgIpc) is 2.55. The number of nitrogens with zero attached hydrogens (tertiary/aromatic N) is 1. The van der Waals surface area contributed by atoms with Crippen molar-refractivity contribution < 1.29 is 9.53 Å². The second-order valence-electron chi connectivity index (χ2n) is 6.72. The molecule has 0 bridgehead atoms. The number of hydrogen-bond acceptors (Lipinski definition) is 5. The van der Waals surface area contributed by atoms with E-state index >= 15 is 0 Å². The minimum absolute atomic E-state index is 0. The van der Waals surface area contributed by atoms with Gasteiger partial charge in [0.2, 0.25) is 5.91 Å². The monoisotopic (exact) mass is 415 g/mol. The van der Waals surface area contributed by atoms with E-state index in [9.17, 15) is 4.79 Å². The minimum atomic E-state index is 0. The van der Waals surface area contributed by atoms with Crippen molar-refractivity contribution >= 4 is 42.5 Å². The number of piperidine rings is 1. The highest BCUT2D eigenvalue weighted by Crippen LogP contribution is 2.18. The van der Waals surface area contributed by atoms with Crippen molar-refractivity contribution in [2.24, 2.45) is 5.92 Å². The summed E-state index contributed by atoms with van der Waals surface area (Å²) in [6.45, 7) is 10.2. The first-order chi connectivity index (χ1) is 11.2. The molecule has 3 unspecified atom stereocenters. The molecule has 0 spiro atoms. The van der Waals surface area contributed by atoms with Crippen LogP contribution in [0.5, 0.6) is 0 Å². The van der Waals surface area contributed by atoms with Gasteiger partial charge in [-0.2, -0.15) is 11.8 Å². The molecule has 150 valence electrons. The third-order valence-electron chi connectivity index (χ3n) is 4.73. The summed E-state index contributed by atoms with van der Waals surface area (Å²) in [6, 6.07) is 0.685. The van der Waals surface area contributed by atoms with E-state index in [1.54, 1.807) is 0 Å². The predicted molar refractivity (Wildman–Crippen MR) is 111 cm³/mol. The minimum Gasteiger partial charge on any atom is -0.382 e. The van der Waals surface area contributed by atoms with Crippen LogP contribution < -0.4 is 10.6 Å². The summed E-state index contributed by atoms with van der Waals surface area (Å²) in [5.74, 6) is 2.96. The molecule has 2 aliphatic heterocycles. The molecule has 0 aromatic heterocycles. The van der Waals surface area contributed by atoms with Gasteiger partial charge < -0.3 is 20.3 Å². The number of likely N-dealkylation sites (tertiary alicyclic amines) is 1. The topological polar surface area (TPSA) is 53.6 Å². The molecule has 2 aliphatic rings. The van der Waals surface area contributed by atoms with Crippen LogP contribution in [0, 0.1) is 5.92 Å². The number of hydrogen-bond donors (Lipinski definition) is 2. The van der Waals surface area contributed by atoms with Crippen molar-refractivity contribution in [3.8, 4) is 0 Å². The van der Waals surface area contributed by atoms with Gasteiger partial charge in [0.05, 0.1) is 0 Å². The maximum atomic E-state index is 12.3. The summed E-state index contributed by atoms with van der Waals surface area (Å²) in [7, 11) is 0. The Morgan fingerprint density at radius 3 is 2.84 bits per heavy atom. The van der Waals surface area contributed by atoms with Gasteiger partial charge in [-0.1, -0.05) is 6.92 Å². The van der Waals surface area contributed by atoms with Crippen molar-refractivity contribution in [1.29, 1.82) is 0 Å². The number of carbonyl (C=O) groups is 1. The molecule has 2 fully saturated rings. The zero-order valence-corrected chi connectivity index (χ0v) is 17.9. The summed E-state index contributed by atoms with van der Waals surface area (Å²) in [5, 5.41) is 6.71. The van der Waals surface area contributed by atoms with Crippen molar-refractivity contribution in [3.63, 3.8) is 0 Å². The summed E-state index contributed by atoms with van der Waals surface area (Å²) >= 11 is 1.94. The highest BCUT2D eigenvalue weighted by molar-refractivity contribution is 7.99. The highest BCUT2D eigenvalue weighted by Gasteiger charge is 2.27. The summed E-state index contributed by atoms with van der Waals surface area (Å²) in [4.78, 5) is 14.8. The van der Waals surface area contributed by atoms with Crippen LogP contribution in [0.25, 0.3) is 0 Å². The van der Waals surface area contributed by atoms with Gasteiger partial charge in [-0.25, -0.2) is 0 Å².